The molecule has 0 unspecified atom stereocenters. The number of benzene rings is 1. The van der Waals surface area contributed by atoms with Gasteiger partial charge in [-0.1, -0.05) is 0 Å². The SMILES string of the molecule is CCN(CC(=O)O)C(=O)c1ccc(-n2nc(C)cc2C)cc1. The Hall–Kier alpha value is -2.63. The van der Waals surface area contributed by atoms with Gasteiger partial charge in [0.1, 0.15) is 6.54 Å². The van der Waals surface area contributed by atoms with Gasteiger partial charge in [-0.3, -0.25) is 9.59 Å². The highest BCUT2D eigenvalue weighted by molar-refractivity contribution is 5.96. The van der Waals surface area contributed by atoms with Crippen LogP contribution in [0.4, 0.5) is 0 Å². The Bertz CT molecular complexity index is 689. The third kappa shape index (κ3) is 3.33. The normalized spacial score (nSPS) is 10.5. The van der Waals surface area contributed by atoms with Crippen molar-refractivity contribution < 1.29 is 14.7 Å². The third-order valence-corrected chi connectivity index (χ3v) is 3.36. The standard InChI is InChI=1S/C16H19N3O3/c1-4-18(10-15(20)21)16(22)13-5-7-14(8-6-13)19-12(3)9-11(2)17-19/h5-9H,4,10H2,1-3H3,(H,20,21). The van der Waals surface area contributed by atoms with Crippen LogP contribution in [0.3, 0.4) is 0 Å². The Morgan fingerprint density at radius 3 is 2.32 bits per heavy atom. The van der Waals surface area contributed by atoms with Gasteiger partial charge in [-0.05, 0) is 51.1 Å². The Kier molecular flexibility index (Phi) is 4.60. The maximum absolute atomic E-state index is 12.3. The number of carbonyl (C=O) groups is 2. The van der Waals surface area contributed by atoms with Crippen LogP contribution in [0.5, 0.6) is 0 Å². The van der Waals surface area contributed by atoms with Crippen molar-refractivity contribution in [2.75, 3.05) is 13.1 Å². The van der Waals surface area contributed by atoms with E-state index in [0.717, 1.165) is 17.1 Å². The summed E-state index contributed by atoms with van der Waals surface area (Å²) < 4.78 is 1.80. The van der Waals surface area contributed by atoms with Crippen LogP contribution in [0.15, 0.2) is 30.3 Å². The number of hydrogen-bond donors (Lipinski definition) is 1. The van der Waals surface area contributed by atoms with Crippen LogP contribution < -0.4 is 0 Å². The van der Waals surface area contributed by atoms with Crippen LogP contribution in [0.2, 0.25) is 0 Å². The number of aromatic nitrogens is 2. The molecule has 2 rings (SSSR count). The predicted octanol–water partition coefficient (Wildman–Crippen LogP) is 2.04. The molecule has 0 bridgehead atoms. The van der Waals surface area contributed by atoms with E-state index in [1.165, 1.54) is 4.90 Å². The summed E-state index contributed by atoms with van der Waals surface area (Å²) in [6.07, 6.45) is 0. The molecule has 0 aliphatic carbocycles. The maximum atomic E-state index is 12.3. The van der Waals surface area contributed by atoms with Crippen LogP contribution in [0.1, 0.15) is 28.7 Å². The number of likely N-dealkylation sites (N-methyl/N-ethyl adjacent to an activating group) is 1. The lowest BCUT2D eigenvalue weighted by Crippen LogP contribution is -2.35. The molecule has 1 amide bonds. The molecule has 0 aliphatic rings. The number of aryl methyl sites for hydroxylation is 2. The summed E-state index contributed by atoms with van der Waals surface area (Å²) in [6, 6.07) is 8.98. The summed E-state index contributed by atoms with van der Waals surface area (Å²) in [7, 11) is 0. The molecular formula is C16H19N3O3. The number of carboxylic acids is 1. The quantitative estimate of drug-likeness (QED) is 0.917. The molecule has 0 saturated heterocycles. The molecule has 116 valence electrons. The minimum absolute atomic E-state index is 0.287. The van der Waals surface area contributed by atoms with Gasteiger partial charge in [0.2, 0.25) is 0 Å². The van der Waals surface area contributed by atoms with Crippen LogP contribution in [0.25, 0.3) is 5.69 Å². The van der Waals surface area contributed by atoms with E-state index in [-0.39, 0.29) is 12.5 Å². The van der Waals surface area contributed by atoms with Gasteiger partial charge < -0.3 is 10.0 Å². The molecule has 0 fully saturated rings. The number of hydrogen-bond acceptors (Lipinski definition) is 3. The first-order chi connectivity index (χ1) is 10.4. The number of amides is 1. The number of carbonyl (C=O) groups excluding carboxylic acids is 1. The molecule has 0 saturated carbocycles. The van der Waals surface area contributed by atoms with E-state index >= 15 is 0 Å². The first-order valence-corrected chi connectivity index (χ1v) is 7.07. The smallest absolute Gasteiger partial charge is 0.323 e. The predicted molar refractivity (Wildman–Crippen MR) is 82.3 cm³/mol. The monoisotopic (exact) mass is 301 g/mol. The van der Waals surface area contributed by atoms with Gasteiger partial charge in [0.15, 0.2) is 0 Å². The summed E-state index contributed by atoms with van der Waals surface area (Å²) in [5, 5.41) is 13.2. The Morgan fingerprint density at radius 1 is 1.23 bits per heavy atom. The zero-order valence-electron chi connectivity index (χ0n) is 12.9. The largest absolute Gasteiger partial charge is 0.480 e. The Labute approximate surface area is 129 Å². The van der Waals surface area contributed by atoms with Gasteiger partial charge in [-0.2, -0.15) is 5.10 Å². The van der Waals surface area contributed by atoms with E-state index in [4.69, 9.17) is 5.11 Å². The maximum Gasteiger partial charge on any atom is 0.323 e. The second-order valence-electron chi connectivity index (χ2n) is 5.10. The fourth-order valence-corrected chi connectivity index (χ4v) is 2.31. The molecular weight excluding hydrogens is 282 g/mol. The fourth-order valence-electron chi connectivity index (χ4n) is 2.31. The van der Waals surface area contributed by atoms with Gasteiger partial charge in [-0.15, -0.1) is 0 Å². The third-order valence-electron chi connectivity index (χ3n) is 3.36. The van der Waals surface area contributed by atoms with Gasteiger partial charge in [0.05, 0.1) is 11.4 Å². The number of rotatable bonds is 5. The number of aliphatic carboxylic acids is 1. The van der Waals surface area contributed by atoms with Crippen LogP contribution in [0, 0.1) is 13.8 Å². The summed E-state index contributed by atoms with van der Waals surface area (Å²) in [5.41, 5.74) is 3.27. The van der Waals surface area contributed by atoms with Gasteiger partial charge in [0, 0.05) is 17.8 Å². The molecule has 0 aliphatic heterocycles. The van der Waals surface area contributed by atoms with E-state index in [0.29, 0.717) is 12.1 Å². The molecule has 0 radical (unpaired) electrons. The van der Waals surface area contributed by atoms with Crippen molar-refractivity contribution in [3.8, 4) is 5.69 Å². The molecule has 1 aromatic heterocycles. The van der Waals surface area contributed by atoms with Gasteiger partial charge in [0.25, 0.3) is 5.91 Å². The molecule has 0 atom stereocenters. The summed E-state index contributed by atoms with van der Waals surface area (Å²) in [5.74, 6) is -1.31. The lowest BCUT2D eigenvalue weighted by molar-refractivity contribution is -0.137. The zero-order valence-corrected chi connectivity index (χ0v) is 12.9. The van der Waals surface area contributed by atoms with Gasteiger partial charge in [-0.25, -0.2) is 4.68 Å². The van der Waals surface area contributed by atoms with Crippen molar-refractivity contribution in [2.24, 2.45) is 0 Å². The minimum Gasteiger partial charge on any atom is -0.480 e. The lowest BCUT2D eigenvalue weighted by Gasteiger charge is -2.18. The van der Waals surface area contributed by atoms with E-state index in [9.17, 15) is 9.59 Å². The van der Waals surface area contributed by atoms with Crippen molar-refractivity contribution in [3.63, 3.8) is 0 Å². The zero-order chi connectivity index (χ0) is 16.3. The molecule has 0 spiro atoms. The molecule has 1 aromatic carbocycles. The van der Waals surface area contributed by atoms with E-state index < -0.39 is 5.97 Å². The van der Waals surface area contributed by atoms with Crippen molar-refractivity contribution in [1.82, 2.24) is 14.7 Å². The lowest BCUT2D eigenvalue weighted by atomic mass is 10.1. The highest BCUT2D eigenvalue weighted by Crippen LogP contribution is 2.14. The molecule has 6 nitrogen and oxygen atoms in total. The Morgan fingerprint density at radius 2 is 1.86 bits per heavy atom. The fraction of sp³-hybridized carbons (Fsp3) is 0.312. The number of nitrogens with zero attached hydrogens (tertiary/aromatic N) is 3. The van der Waals surface area contributed by atoms with Crippen LogP contribution in [-0.4, -0.2) is 44.8 Å². The van der Waals surface area contributed by atoms with Gasteiger partial charge >= 0.3 is 5.97 Å². The topological polar surface area (TPSA) is 75.4 Å². The molecule has 1 heterocycles. The molecule has 2 aromatic rings. The second kappa shape index (κ2) is 6.43. The Balaban J connectivity index is 2.23. The second-order valence-corrected chi connectivity index (χ2v) is 5.10. The van der Waals surface area contributed by atoms with Crippen molar-refractivity contribution in [3.05, 3.63) is 47.3 Å². The molecule has 22 heavy (non-hydrogen) atoms. The number of carboxylic acid groups (broad SMARTS) is 1. The molecule has 1 N–H and O–H groups in total. The minimum atomic E-state index is -1.02. The summed E-state index contributed by atoms with van der Waals surface area (Å²) in [4.78, 5) is 24.3. The highest BCUT2D eigenvalue weighted by Gasteiger charge is 2.17. The summed E-state index contributed by atoms with van der Waals surface area (Å²) >= 11 is 0. The highest BCUT2D eigenvalue weighted by atomic mass is 16.4. The van der Waals surface area contributed by atoms with Crippen molar-refractivity contribution in [1.29, 1.82) is 0 Å². The summed E-state index contributed by atoms with van der Waals surface area (Å²) in [6.45, 7) is 5.70. The first kappa shape index (κ1) is 15.8. The average Bonchev–Trinajstić information content (AvgIpc) is 2.82. The first-order valence-electron chi connectivity index (χ1n) is 7.07. The van der Waals surface area contributed by atoms with Crippen molar-refractivity contribution >= 4 is 11.9 Å². The van der Waals surface area contributed by atoms with E-state index in [1.807, 2.05) is 19.9 Å². The van der Waals surface area contributed by atoms with Crippen molar-refractivity contribution in [2.45, 2.75) is 20.8 Å². The van der Waals surface area contributed by atoms with E-state index in [1.54, 1.807) is 35.9 Å². The van der Waals surface area contributed by atoms with E-state index in [2.05, 4.69) is 5.10 Å². The average molecular weight is 301 g/mol. The molecule has 6 heteroatoms. The van der Waals surface area contributed by atoms with Crippen LogP contribution >= 0.6 is 0 Å². The van der Waals surface area contributed by atoms with Crippen LogP contribution in [-0.2, 0) is 4.79 Å².